The molecule has 7 heteroatoms. The fraction of sp³-hybridized carbons (Fsp3) is 0.231. The third-order valence-corrected chi connectivity index (χ3v) is 2.43. The molecule has 1 heterocycles. The molecule has 4 nitrogen and oxygen atoms in total. The molecule has 1 aromatic carbocycles. The maximum Gasteiger partial charge on any atom is 0.393 e. The summed E-state index contributed by atoms with van der Waals surface area (Å²) in [4.78, 5) is 7.99. The highest BCUT2D eigenvalue weighted by Gasteiger charge is 2.27. The molecular formula is C13H12F3N3O. The Bertz CT molecular complexity index is 587. The first kappa shape index (κ1) is 14.1. The SMILES string of the molecule is COc1ccnc(Nc2cccc(CC(F)(F)F)c2)n1. The standard InChI is InChI=1S/C13H12F3N3O/c1-20-11-5-6-17-12(19-11)18-10-4-2-3-9(7-10)8-13(14,15)16/h2-7H,8H2,1H3,(H,17,18,19). The Kier molecular flexibility index (Phi) is 4.07. The van der Waals surface area contributed by atoms with Crippen molar-refractivity contribution in [2.75, 3.05) is 12.4 Å². The molecule has 0 aliphatic carbocycles. The molecule has 2 rings (SSSR count). The van der Waals surface area contributed by atoms with Gasteiger partial charge in [-0.15, -0.1) is 0 Å². The Balaban J connectivity index is 2.15. The van der Waals surface area contributed by atoms with Gasteiger partial charge in [0, 0.05) is 18.0 Å². The fourth-order valence-corrected chi connectivity index (χ4v) is 1.64. The predicted molar refractivity (Wildman–Crippen MR) is 68.1 cm³/mol. The minimum atomic E-state index is -4.23. The van der Waals surface area contributed by atoms with Crippen molar-refractivity contribution in [1.29, 1.82) is 0 Å². The van der Waals surface area contributed by atoms with Gasteiger partial charge in [0.1, 0.15) is 0 Å². The molecule has 2 aromatic rings. The van der Waals surface area contributed by atoms with Crippen molar-refractivity contribution in [1.82, 2.24) is 9.97 Å². The lowest BCUT2D eigenvalue weighted by Gasteiger charge is -2.09. The average Bonchev–Trinajstić information content (AvgIpc) is 2.37. The quantitative estimate of drug-likeness (QED) is 0.935. The molecule has 0 atom stereocenters. The molecule has 0 amide bonds. The van der Waals surface area contributed by atoms with E-state index in [9.17, 15) is 13.2 Å². The zero-order valence-electron chi connectivity index (χ0n) is 10.6. The van der Waals surface area contributed by atoms with Gasteiger partial charge in [0.2, 0.25) is 11.8 Å². The van der Waals surface area contributed by atoms with Gasteiger partial charge in [-0.2, -0.15) is 18.2 Å². The van der Waals surface area contributed by atoms with Crippen LogP contribution >= 0.6 is 0 Å². The molecule has 106 valence electrons. The smallest absolute Gasteiger partial charge is 0.393 e. The molecule has 0 aliphatic heterocycles. The van der Waals surface area contributed by atoms with Crippen molar-refractivity contribution >= 4 is 11.6 Å². The fourth-order valence-electron chi connectivity index (χ4n) is 1.64. The number of benzene rings is 1. The lowest BCUT2D eigenvalue weighted by atomic mass is 10.1. The Morgan fingerprint density at radius 1 is 1.25 bits per heavy atom. The van der Waals surface area contributed by atoms with Crippen LogP contribution in [0.3, 0.4) is 0 Å². The first-order valence-electron chi connectivity index (χ1n) is 5.76. The van der Waals surface area contributed by atoms with E-state index in [1.807, 2.05) is 0 Å². The highest BCUT2D eigenvalue weighted by molar-refractivity contribution is 5.54. The molecule has 20 heavy (non-hydrogen) atoms. The summed E-state index contributed by atoms with van der Waals surface area (Å²) in [6.07, 6.45) is -3.71. The van der Waals surface area contributed by atoms with Crippen LogP contribution in [0, 0.1) is 0 Å². The van der Waals surface area contributed by atoms with E-state index in [1.54, 1.807) is 18.2 Å². The van der Waals surface area contributed by atoms with Crippen LogP contribution in [0.2, 0.25) is 0 Å². The molecule has 0 radical (unpaired) electrons. The zero-order chi connectivity index (χ0) is 14.6. The van der Waals surface area contributed by atoms with Gasteiger partial charge < -0.3 is 10.1 Å². The van der Waals surface area contributed by atoms with Gasteiger partial charge in [-0.05, 0) is 17.7 Å². The average molecular weight is 283 g/mol. The Hall–Kier alpha value is -2.31. The van der Waals surface area contributed by atoms with E-state index in [-0.39, 0.29) is 11.5 Å². The summed E-state index contributed by atoms with van der Waals surface area (Å²) in [6.45, 7) is 0. The number of nitrogens with one attached hydrogen (secondary N) is 1. The first-order chi connectivity index (χ1) is 9.46. The summed E-state index contributed by atoms with van der Waals surface area (Å²) in [5, 5.41) is 2.84. The summed E-state index contributed by atoms with van der Waals surface area (Å²) in [5.41, 5.74) is 0.658. The van der Waals surface area contributed by atoms with Gasteiger partial charge >= 0.3 is 6.18 Å². The van der Waals surface area contributed by atoms with Crippen LogP contribution in [0.1, 0.15) is 5.56 Å². The lowest BCUT2D eigenvalue weighted by Crippen LogP contribution is -2.11. The van der Waals surface area contributed by atoms with Crippen molar-refractivity contribution in [3.05, 3.63) is 42.1 Å². The Morgan fingerprint density at radius 2 is 2.05 bits per heavy atom. The number of halogens is 3. The van der Waals surface area contributed by atoms with Crippen LogP contribution in [0.25, 0.3) is 0 Å². The third-order valence-electron chi connectivity index (χ3n) is 2.43. The highest BCUT2D eigenvalue weighted by Crippen LogP contribution is 2.23. The van der Waals surface area contributed by atoms with Gasteiger partial charge in [0.15, 0.2) is 0 Å². The molecule has 0 saturated heterocycles. The molecular weight excluding hydrogens is 271 g/mol. The van der Waals surface area contributed by atoms with Crippen molar-refractivity contribution in [3.8, 4) is 5.88 Å². The van der Waals surface area contributed by atoms with E-state index >= 15 is 0 Å². The molecule has 0 spiro atoms. The maximum absolute atomic E-state index is 12.3. The minimum Gasteiger partial charge on any atom is -0.481 e. The molecule has 1 N–H and O–H groups in total. The number of nitrogens with zero attached hydrogens (tertiary/aromatic N) is 2. The van der Waals surface area contributed by atoms with Gasteiger partial charge in [0.25, 0.3) is 0 Å². The maximum atomic E-state index is 12.3. The van der Waals surface area contributed by atoms with Gasteiger partial charge in [0.05, 0.1) is 13.5 Å². The predicted octanol–water partition coefficient (Wildman–Crippen LogP) is 3.33. The third kappa shape index (κ3) is 4.11. The normalized spacial score (nSPS) is 11.2. The van der Waals surface area contributed by atoms with Crippen LogP contribution in [0.5, 0.6) is 5.88 Å². The van der Waals surface area contributed by atoms with E-state index in [2.05, 4.69) is 15.3 Å². The number of anilines is 2. The second-order valence-corrected chi connectivity index (χ2v) is 4.04. The van der Waals surface area contributed by atoms with Gasteiger partial charge in [-0.25, -0.2) is 4.98 Å². The molecule has 0 aliphatic rings. The second-order valence-electron chi connectivity index (χ2n) is 4.04. The van der Waals surface area contributed by atoms with E-state index in [0.717, 1.165) is 0 Å². The van der Waals surface area contributed by atoms with Crippen molar-refractivity contribution in [2.45, 2.75) is 12.6 Å². The summed E-state index contributed by atoms with van der Waals surface area (Å²) < 4.78 is 42.0. The van der Waals surface area contributed by atoms with E-state index in [1.165, 1.54) is 25.4 Å². The monoisotopic (exact) mass is 283 g/mol. The van der Waals surface area contributed by atoms with Crippen LogP contribution in [-0.2, 0) is 6.42 Å². The molecule has 1 aromatic heterocycles. The first-order valence-corrected chi connectivity index (χ1v) is 5.76. The molecule has 0 bridgehead atoms. The topological polar surface area (TPSA) is 47.0 Å². The highest BCUT2D eigenvalue weighted by atomic mass is 19.4. The number of methoxy groups -OCH3 is 1. The van der Waals surface area contributed by atoms with Gasteiger partial charge in [-0.3, -0.25) is 0 Å². The van der Waals surface area contributed by atoms with Crippen molar-refractivity contribution in [3.63, 3.8) is 0 Å². The lowest BCUT2D eigenvalue weighted by molar-refractivity contribution is -0.127. The number of aromatic nitrogens is 2. The molecule has 0 unspecified atom stereocenters. The Labute approximate surface area is 113 Å². The molecule has 0 fully saturated rings. The summed E-state index contributed by atoms with van der Waals surface area (Å²) in [7, 11) is 1.47. The van der Waals surface area contributed by atoms with E-state index in [0.29, 0.717) is 11.6 Å². The second kappa shape index (κ2) is 5.77. The van der Waals surface area contributed by atoms with Gasteiger partial charge in [-0.1, -0.05) is 12.1 Å². The van der Waals surface area contributed by atoms with Crippen molar-refractivity contribution in [2.24, 2.45) is 0 Å². The Morgan fingerprint density at radius 3 is 2.75 bits per heavy atom. The summed E-state index contributed by atoms with van der Waals surface area (Å²) >= 11 is 0. The zero-order valence-corrected chi connectivity index (χ0v) is 10.6. The van der Waals surface area contributed by atoms with E-state index < -0.39 is 12.6 Å². The summed E-state index contributed by atoms with van der Waals surface area (Å²) in [6, 6.07) is 7.60. The minimum absolute atomic E-state index is 0.172. The van der Waals surface area contributed by atoms with Crippen LogP contribution in [0.4, 0.5) is 24.8 Å². The van der Waals surface area contributed by atoms with E-state index in [4.69, 9.17) is 4.74 Å². The number of rotatable bonds is 4. The number of alkyl halides is 3. The van der Waals surface area contributed by atoms with Crippen LogP contribution in [0.15, 0.2) is 36.5 Å². The summed E-state index contributed by atoms with van der Waals surface area (Å²) in [5.74, 6) is 0.627. The van der Waals surface area contributed by atoms with Crippen LogP contribution < -0.4 is 10.1 Å². The number of hydrogen-bond donors (Lipinski definition) is 1. The van der Waals surface area contributed by atoms with Crippen LogP contribution in [-0.4, -0.2) is 23.3 Å². The molecule has 0 saturated carbocycles. The largest absolute Gasteiger partial charge is 0.481 e. The number of ether oxygens (including phenoxy) is 1. The van der Waals surface area contributed by atoms with Crippen molar-refractivity contribution < 1.29 is 17.9 Å². The number of hydrogen-bond acceptors (Lipinski definition) is 4.